The van der Waals surface area contributed by atoms with Crippen LogP contribution in [0.15, 0.2) is 24.3 Å². The molecule has 26 heavy (non-hydrogen) atoms. The van der Waals surface area contributed by atoms with E-state index in [0.29, 0.717) is 19.0 Å². The van der Waals surface area contributed by atoms with E-state index in [9.17, 15) is 14.0 Å². The molecular weight excluding hydrogens is 331 g/mol. The average Bonchev–Trinajstić information content (AvgIpc) is 3.49. The molecule has 2 amide bonds. The van der Waals surface area contributed by atoms with E-state index in [-0.39, 0.29) is 29.5 Å². The van der Waals surface area contributed by atoms with Crippen molar-refractivity contribution in [2.24, 2.45) is 11.8 Å². The maximum atomic E-state index is 13.0. The Morgan fingerprint density at radius 3 is 2.12 bits per heavy atom. The summed E-state index contributed by atoms with van der Waals surface area (Å²) in [5.74, 6) is 0.628. The minimum atomic E-state index is -0.238. The molecule has 1 aliphatic carbocycles. The normalized spacial score (nSPS) is 26.7. The Bertz CT molecular complexity index is 661. The summed E-state index contributed by atoms with van der Waals surface area (Å²) in [5.41, 5.74) is 1.06. The number of carbonyl (C=O) groups is 2. The maximum Gasteiger partial charge on any atom is 0.226 e. The molecule has 0 spiro atoms. The van der Waals surface area contributed by atoms with Crippen LogP contribution in [0, 0.1) is 17.7 Å². The number of hydrogen-bond acceptors (Lipinski definition) is 2. The minimum absolute atomic E-state index is 0.0369. The van der Waals surface area contributed by atoms with Crippen molar-refractivity contribution in [2.45, 2.75) is 44.4 Å². The van der Waals surface area contributed by atoms with Gasteiger partial charge in [-0.25, -0.2) is 4.39 Å². The molecule has 0 radical (unpaired) electrons. The summed E-state index contributed by atoms with van der Waals surface area (Å²) in [6.45, 7) is 3.18. The Hall–Kier alpha value is -1.91. The van der Waals surface area contributed by atoms with Gasteiger partial charge in [-0.1, -0.05) is 12.1 Å². The Labute approximate surface area is 154 Å². The van der Waals surface area contributed by atoms with Gasteiger partial charge in [0, 0.05) is 38.0 Å². The van der Waals surface area contributed by atoms with Gasteiger partial charge in [0.25, 0.3) is 0 Å². The summed E-state index contributed by atoms with van der Waals surface area (Å²) in [7, 11) is 0. The highest BCUT2D eigenvalue weighted by atomic mass is 19.1. The average molecular weight is 358 g/mol. The van der Waals surface area contributed by atoms with Crippen LogP contribution in [0.25, 0.3) is 0 Å². The van der Waals surface area contributed by atoms with Crippen LogP contribution in [0.3, 0.4) is 0 Å². The summed E-state index contributed by atoms with van der Waals surface area (Å²) >= 11 is 0. The van der Waals surface area contributed by atoms with Crippen LogP contribution in [-0.4, -0.2) is 47.8 Å². The van der Waals surface area contributed by atoms with Crippen molar-refractivity contribution in [3.8, 4) is 0 Å². The molecular formula is C21H27FN2O2. The van der Waals surface area contributed by atoms with Crippen LogP contribution < -0.4 is 0 Å². The lowest BCUT2D eigenvalue weighted by Gasteiger charge is -2.35. The molecule has 2 atom stereocenters. The Balaban J connectivity index is 1.27. The van der Waals surface area contributed by atoms with Gasteiger partial charge < -0.3 is 9.80 Å². The number of piperidine rings is 2. The molecule has 2 unspecified atom stereocenters. The second-order valence-corrected chi connectivity index (χ2v) is 7.99. The zero-order valence-electron chi connectivity index (χ0n) is 15.2. The van der Waals surface area contributed by atoms with Crippen LogP contribution in [0.5, 0.6) is 0 Å². The first-order valence-corrected chi connectivity index (χ1v) is 9.96. The molecule has 0 aromatic heterocycles. The van der Waals surface area contributed by atoms with E-state index in [4.69, 9.17) is 0 Å². The van der Waals surface area contributed by atoms with E-state index in [2.05, 4.69) is 0 Å². The van der Waals surface area contributed by atoms with E-state index in [1.165, 1.54) is 18.6 Å². The second-order valence-electron chi connectivity index (χ2n) is 7.99. The third kappa shape index (κ3) is 3.62. The first-order chi connectivity index (χ1) is 12.6. The number of rotatable bonds is 3. The first-order valence-electron chi connectivity index (χ1n) is 9.96. The van der Waals surface area contributed by atoms with Gasteiger partial charge in [-0.2, -0.15) is 0 Å². The van der Waals surface area contributed by atoms with Crippen LogP contribution >= 0.6 is 0 Å². The monoisotopic (exact) mass is 358 g/mol. The van der Waals surface area contributed by atoms with Crippen molar-refractivity contribution in [3.63, 3.8) is 0 Å². The van der Waals surface area contributed by atoms with Crippen LogP contribution in [0.2, 0.25) is 0 Å². The molecule has 0 N–H and O–H groups in total. The standard InChI is InChI=1S/C21H27FN2O2/c22-17-6-4-15(5-7-17)18-14-19(18)21(26)24-12-8-16(9-13-24)20(25)23-10-2-1-3-11-23/h4-7,16,18-19H,1-3,8-14H2. The molecule has 140 valence electrons. The van der Waals surface area contributed by atoms with Gasteiger partial charge in [-0.05, 0) is 62.1 Å². The van der Waals surface area contributed by atoms with Gasteiger partial charge in [0.05, 0.1) is 0 Å². The molecule has 5 heteroatoms. The number of benzene rings is 1. The molecule has 4 nitrogen and oxygen atoms in total. The van der Waals surface area contributed by atoms with Crippen molar-refractivity contribution in [1.29, 1.82) is 0 Å². The predicted molar refractivity (Wildman–Crippen MR) is 97.0 cm³/mol. The second kappa shape index (κ2) is 7.37. The quantitative estimate of drug-likeness (QED) is 0.833. The molecule has 2 heterocycles. The third-order valence-electron chi connectivity index (χ3n) is 6.23. The lowest BCUT2D eigenvalue weighted by Crippen LogP contribution is -2.46. The largest absolute Gasteiger partial charge is 0.342 e. The third-order valence-corrected chi connectivity index (χ3v) is 6.23. The van der Waals surface area contributed by atoms with Gasteiger partial charge in [0.2, 0.25) is 11.8 Å². The topological polar surface area (TPSA) is 40.6 Å². The van der Waals surface area contributed by atoms with E-state index >= 15 is 0 Å². The molecule has 1 aromatic carbocycles. The molecule has 2 saturated heterocycles. The van der Waals surface area contributed by atoms with Crippen molar-refractivity contribution < 1.29 is 14.0 Å². The molecule has 3 aliphatic rings. The van der Waals surface area contributed by atoms with E-state index in [0.717, 1.165) is 50.8 Å². The number of carbonyl (C=O) groups excluding carboxylic acids is 2. The maximum absolute atomic E-state index is 13.0. The van der Waals surface area contributed by atoms with Crippen molar-refractivity contribution >= 4 is 11.8 Å². The first kappa shape index (κ1) is 17.5. The van der Waals surface area contributed by atoms with Crippen LogP contribution in [-0.2, 0) is 9.59 Å². The van der Waals surface area contributed by atoms with Gasteiger partial charge in [-0.3, -0.25) is 9.59 Å². The highest BCUT2D eigenvalue weighted by Crippen LogP contribution is 2.48. The van der Waals surface area contributed by atoms with Gasteiger partial charge in [0.15, 0.2) is 0 Å². The number of nitrogens with zero attached hydrogens (tertiary/aromatic N) is 2. The zero-order chi connectivity index (χ0) is 18.1. The number of likely N-dealkylation sites (tertiary alicyclic amines) is 2. The highest BCUT2D eigenvalue weighted by Gasteiger charge is 2.46. The number of amides is 2. The highest BCUT2D eigenvalue weighted by molar-refractivity contribution is 5.84. The fourth-order valence-electron chi connectivity index (χ4n) is 4.50. The van der Waals surface area contributed by atoms with Crippen LogP contribution in [0.1, 0.15) is 50.0 Å². The summed E-state index contributed by atoms with van der Waals surface area (Å²) in [6.07, 6.45) is 5.90. The van der Waals surface area contributed by atoms with Crippen LogP contribution in [0.4, 0.5) is 4.39 Å². The fourth-order valence-corrected chi connectivity index (χ4v) is 4.50. The molecule has 2 aliphatic heterocycles. The Morgan fingerprint density at radius 2 is 1.46 bits per heavy atom. The number of hydrogen-bond donors (Lipinski definition) is 0. The Morgan fingerprint density at radius 1 is 0.846 bits per heavy atom. The lowest BCUT2D eigenvalue weighted by atomic mass is 9.94. The van der Waals surface area contributed by atoms with Gasteiger partial charge >= 0.3 is 0 Å². The predicted octanol–water partition coefficient (Wildman–Crippen LogP) is 3.18. The fraction of sp³-hybridized carbons (Fsp3) is 0.619. The van der Waals surface area contributed by atoms with Crippen molar-refractivity contribution in [3.05, 3.63) is 35.6 Å². The molecule has 3 fully saturated rings. The van der Waals surface area contributed by atoms with E-state index in [1.807, 2.05) is 9.80 Å². The minimum Gasteiger partial charge on any atom is -0.342 e. The van der Waals surface area contributed by atoms with E-state index < -0.39 is 0 Å². The summed E-state index contributed by atoms with van der Waals surface area (Å²) in [6, 6.07) is 6.51. The van der Waals surface area contributed by atoms with Crippen molar-refractivity contribution in [2.75, 3.05) is 26.2 Å². The molecule has 4 rings (SSSR count). The van der Waals surface area contributed by atoms with Crippen molar-refractivity contribution in [1.82, 2.24) is 9.80 Å². The summed E-state index contributed by atoms with van der Waals surface area (Å²) in [5, 5.41) is 0. The van der Waals surface area contributed by atoms with Gasteiger partial charge in [0.1, 0.15) is 5.82 Å². The smallest absolute Gasteiger partial charge is 0.226 e. The van der Waals surface area contributed by atoms with Gasteiger partial charge in [-0.15, -0.1) is 0 Å². The summed E-state index contributed by atoms with van der Waals surface area (Å²) in [4.78, 5) is 29.3. The molecule has 0 bridgehead atoms. The molecule has 1 saturated carbocycles. The summed E-state index contributed by atoms with van der Waals surface area (Å²) < 4.78 is 13.0. The SMILES string of the molecule is O=C(C1CCN(C(=O)C2CC2c2ccc(F)cc2)CC1)N1CCCCC1. The lowest BCUT2D eigenvalue weighted by molar-refractivity contribution is -0.141. The molecule has 1 aromatic rings. The van der Waals surface area contributed by atoms with E-state index in [1.54, 1.807) is 12.1 Å². The number of halogens is 1. The Kier molecular flexibility index (Phi) is 4.96. The zero-order valence-corrected chi connectivity index (χ0v) is 15.2.